The number of carbonyl (C=O) groups excluding carboxylic acids is 2. The highest BCUT2D eigenvalue weighted by Gasteiger charge is 2.37. The van der Waals surface area contributed by atoms with Gasteiger partial charge < -0.3 is 19.4 Å². The summed E-state index contributed by atoms with van der Waals surface area (Å²) in [6.45, 7) is 7.79. The summed E-state index contributed by atoms with van der Waals surface area (Å²) in [5.41, 5.74) is 0.653. The molecule has 6 nitrogen and oxygen atoms in total. The van der Waals surface area contributed by atoms with E-state index in [1.807, 2.05) is 29.2 Å². The standard InChI is InChI=1S/C27H41N3O3/c1-20-8-4-6-10-25(20)30(21(2)31)23-14-16-28(17-15-23)22-12-18-29(19-13-22)27(32)24-9-5-7-11-26(24)33-3/h5,7,9,11,20,22-23,25H,4,6,8,10,12-19H2,1-3H3/t20-,25-/m1/s1. The van der Waals surface area contributed by atoms with Crippen molar-refractivity contribution in [2.45, 2.75) is 83.3 Å². The molecule has 6 heteroatoms. The molecule has 1 aromatic rings. The van der Waals surface area contributed by atoms with Gasteiger partial charge in [0.05, 0.1) is 12.7 Å². The summed E-state index contributed by atoms with van der Waals surface area (Å²) < 4.78 is 5.39. The molecule has 2 atom stereocenters. The van der Waals surface area contributed by atoms with Crippen molar-refractivity contribution in [1.82, 2.24) is 14.7 Å². The molecule has 182 valence electrons. The minimum absolute atomic E-state index is 0.0725. The molecule has 1 saturated carbocycles. The van der Waals surface area contributed by atoms with Crippen LogP contribution in [0.25, 0.3) is 0 Å². The Morgan fingerprint density at radius 1 is 0.939 bits per heavy atom. The first-order valence-electron chi connectivity index (χ1n) is 12.9. The number of amides is 2. The minimum atomic E-state index is 0.0725. The van der Waals surface area contributed by atoms with Crippen molar-refractivity contribution in [2.24, 2.45) is 5.92 Å². The summed E-state index contributed by atoms with van der Waals surface area (Å²) in [5, 5.41) is 0. The van der Waals surface area contributed by atoms with Crippen molar-refractivity contribution in [3.05, 3.63) is 29.8 Å². The summed E-state index contributed by atoms with van der Waals surface area (Å²) in [4.78, 5) is 32.5. The van der Waals surface area contributed by atoms with Crippen LogP contribution in [-0.2, 0) is 4.79 Å². The van der Waals surface area contributed by atoms with Gasteiger partial charge in [0.25, 0.3) is 5.91 Å². The van der Waals surface area contributed by atoms with Crippen LogP contribution in [0.1, 0.15) is 75.6 Å². The minimum Gasteiger partial charge on any atom is -0.496 e. The van der Waals surface area contributed by atoms with Crippen LogP contribution in [-0.4, -0.2) is 77.9 Å². The normalized spacial score (nSPS) is 25.6. The lowest BCUT2D eigenvalue weighted by molar-refractivity contribution is -0.137. The van der Waals surface area contributed by atoms with Gasteiger partial charge in [-0.1, -0.05) is 31.9 Å². The maximum absolute atomic E-state index is 13.0. The first kappa shape index (κ1) is 24.1. The third-order valence-corrected chi connectivity index (χ3v) is 8.29. The molecule has 0 unspecified atom stereocenters. The van der Waals surface area contributed by atoms with Gasteiger partial charge in [-0.25, -0.2) is 0 Å². The Morgan fingerprint density at radius 2 is 1.61 bits per heavy atom. The molecule has 0 radical (unpaired) electrons. The summed E-state index contributed by atoms with van der Waals surface area (Å²) in [7, 11) is 1.62. The van der Waals surface area contributed by atoms with E-state index in [9.17, 15) is 9.59 Å². The Bertz CT molecular complexity index is 813. The zero-order valence-electron chi connectivity index (χ0n) is 20.7. The van der Waals surface area contributed by atoms with Gasteiger partial charge in [0.1, 0.15) is 5.75 Å². The highest BCUT2D eigenvalue weighted by Crippen LogP contribution is 2.33. The second-order valence-electron chi connectivity index (χ2n) is 10.2. The molecule has 1 aromatic carbocycles. The number of hydrogen-bond donors (Lipinski definition) is 0. The number of methoxy groups -OCH3 is 1. The lowest BCUT2D eigenvalue weighted by Crippen LogP contribution is -2.55. The van der Waals surface area contributed by atoms with Gasteiger partial charge in [-0.2, -0.15) is 0 Å². The van der Waals surface area contributed by atoms with E-state index in [0.29, 0.717) is 35.4 Å². The Hall–Kier alpha value is -2.08. The number of hydrogen-bond acceptors (Lipinski definition) is 4. The third kappa shape index (κ3) is 5.37. The molecule has 0 spiro atoms. The summed E-state index contributed by atoms with van der Waals surface area (Å²) >= 11 is 0. The molecule has 1 aliphatic carbocycles. The molecule has 0 N–H and O–H groups in total. The molecule has 0 aromatic heterocycles. The molecular formula is C27H41N3O3. The number of carbonyl (C=O) groups is 2. The predicted molar refractivity (Wildman–Crippen MR) is 130 cm³/mol. The zero-order valence-corrected chi connectivity index (χ0v) is 20.7. The van der Waals surface area contributed by atoms with Crippen molar-refractivity contribution in [2.75, 3.05) is 33.3 Å². The van der Waals surface area contributed by atoms with E-state index in [0.717, 1.165) is 51.9 Å². The molecule has 3 fully saturated rings. The van der Waals surface area contributed by atoms with Gasteiger partial charge in [0.15, 0.2) is 0 Å². The summed E-state index contributed by atoms with van der Waals surface area (Å²) in [6, 6.07) is 8.84. The predicted octanol–water partition coefficient (Wildman–Crippen LogP) is 4.19. The smallest absolute Gasteiger partial charge is 0.257 e. The van der Waals surface area contributed by atoms with Crippen LogP contribution in [0, 0.1) is 5.92 Å². The monoisotopic (exact) mass is 455 g/mol. The second kappa shape index (κ2) is 10.9. The maximum Gasteiger partial charge on any atom is 0.257 e. The van der Waals surface area contributed by atoms with Gasteiger partial charge in [-0.3, -0.25) is 9.59 Å². The van der Waals surface area contributed by atoms with Gasteiger partial charge in [0, 0.05) is 51.2 Å². The Balaban J connectivity index is 1.29. The Morgan fingerprint density at radius 3 is 2.24 bits per heavy atom. The zero-order chi connectivity index (χ0) is 23.4. The average Bonchev–Trinajstić information content (AvgIpc) is 2.85. The largest absolute Gasteiger partial charge is 0.496 e. The van der Waals surface area contributed by atoms with E-state index < -0.39 is 0 Å². The van der Waals surface area contributed by atoms with Crippen LogP contribution in [0.4, 0.5) is 0 Å². The number of para-hydroxylation sites is 1. The first-order valence-corrected chi connectivity index (χ1v) is 12.9. The van der Waals surface area contributed by atoms with Gasteiger partial charge in [-0.05, 0) is 56.6 Å². The molecule has 2 amide bonds. The molecule has 33 heavy (non-hydrogen) atoms. The van der Waals surface area contributed by atoms with Gasteiger partial charge in [0.2, 0.25) is 5.91 Å². The van der Waals surface area contributed by atoms with E-state index in [2.05, 4.69) is 16.7 Å². The van der Waals surface area contributed by atoms with E-state index in [1.54, 1.807) is 14.0 Å². The van der Waals surface area contributed by atoms with Crippen LogP contribution in [0.2, 0.25) is 0 Å². The van der Waals surface area contributed by atoms with Crippen LogP contribution in [0.3, 0.4) is 0 Å². The highest BCUT2D eigenvalue weighted by atomic mass is 16.5. The quantitative estimate of drug-likeness (QED) is 0.668. The van der Waals surface area contributed by atoms with Crippen molar-refractivity contribution in [3.8, 4) is 5.75 Å². The molecule has 2 saturated heterocycles. The van der Waals surface area contributed by atoms with Crippen LogP contribution in [0.15, 0.2) is 24.3 Å². The van der Waals surface area contributed by atoms with Gasteiger partial charge in [-0.15, -0.1) is 0 Å². The van der Waals surface area contributed by atoms with Gasteiger partial charge >= 0.3 is 0 Å². The molecular weight excluding hydrogens is 414 g/mol. The first-order chi connectivity index (χ1) is 16.0. The maximum atomic E-state index is 13.0. The molecule has 0 bridgehead atoms. The summed E-state index contributed by atoms with van der Waals surface area (Å²) in [6.07, 6.45) is 9.15. The molecule has 4 rings (SSSR count). The lowest BCUT2D eigenvalue weighted by atomic mass is 9.83. The number of benzene rings is 1. The van der Waals surface area contributed by atoms with E-state index in [-0.39, 0.29) is 11.8 Å². The summed E-state index contributed by atoms with van der Waals surface area (Å²) in [5.74, 6) is 1.60. The van der Waals surface area contributed by atoms with E-state index in [4.69, 9.17) is 4.74 Å². The number of nitrogens with zero attached hydrogens (tertiary/aromatic N) is 3. The molecule has 2 heterocycles. The number of ether oxygens (including phenoxy) is 1. The lowest BCUT2D eigenvalue weighted by Gasteiger charge is -2.47. The molecule has 2 aliphatic heterocycles. The van der Waals surface area contributed by atoms with Crippen molar-refractivity contribution >= 4 is 11.8 Å². The third-order valence-electron chi connectivity index (χ3n) is 8.29. The van der Waals surface area contributed by atoms with Crippen LogP contribution < -0.4 is 4.74 Å². The van der Waals surface area contributed by atoms with Crippen LogP contribution in [0.5, 0.6) is 5.75 Å². The van der Waals surface area contributed by atoms with E-state index in [1.165, 1.54) is 25.7 Å². The Labute approximate surface area is 199 Å². The average molecular weight is 456 g/mol. The van der Waals surface area contributed by atoms with Crippen molar-refractivity contribution < 1.29 is 14.3 Å². The highest BCUT2D eigenvalue weighted by molar-refractivity contribution is 5.97. The number of likely N-dealkylation sites (tertiary alicyclic amines) is 2. The van der Waals surface area contributed by atoms with Crippen LogP contribution >= 0.6 is 0 Å². The van der Waals surface area contributed by atoms with E-state index >= 15 is 0 Å². The number of rotatable bonds is 5. The number of piperidine rings is 2. The fourth-order valence-electron chi connectivity index (χ4n) is 6.43. The van der Waals surface area contributed by atoms with Crippen molar-refractivity contribution in [3.63, 3.8) is 0 Å². The SMILES string of the molecule is COc1ccccc1C(=O)N1CCC(N2CCC(N(C(C)=O)[C@@H]3CCCC[C@H]3C)CC2)CC1. The fourth-order valence-corrected chi connectivity index (χ4v) is 6.43. The topological polar surface area (TPSA) is 53.1 Å². The molecule has 3 aliphatic rings. The Kier molecular flexibility index (Phi) is 7.94. The second-order valence-corrected chi connectivity index (χ2v) is 10.2. The van der Waals surface area contributed by atoms with Crippen molar-refractivity contribution in [1.29, 1.82) is 0 Å². The fraction of sp³-hybridized carbons (Fsp3) is 0.704.